The Labute approximate surface area is 230 Å². The van der Waals surface area contributed by atoms with Gasteiger partial charge in [-0.2, -0.15) is 13.2 Å². The van der Waals surface area contributed by atoms with Crippen LogP contribution in [0, 0.1) is 12.3 Å². The highest BCUT2D eigenvalue weighted by Gasteiger charge is 2.59. The number of anilines is 2. The number of hydrogen-bond donors (Lipinski definition) is 0. The number of nitrogens with zero attached hydrogens (tertiary/aromatic N) is 5. The second kappa shape index (κ2) is 10.6. The maximum atomic E-state index is 13.8. The number of piperidine rings is 1. The molecule has 3 heterocycles. The lowest BCUT2D eigenvalue weighted by Crippen LogP contribution is -2.55. The van der Waals surface area contributed by atoms with Gasteiger partial charge in [0.2, 0.25) is 0 Å². The summed E-state index contributed by atoms with van der Waals surface area (Å²) in [5.41, 5.74) is -1.56. The molecule has 1 saturated carbocycles. The third kappa shape index (κ3) is 4.99. The summed E-state index contributed by atoms with van der Waals surface area (Å²) >= 11 is 5.71. The van der Waals surface area contributed by atoms with Gasteiger partial charge in [-0.3, -0.25) is 24.6 Å². The van der Waals surface area contributed by atoms with E-state index in [4.69, 9.17) is 23.4 Å². The molecule has 2 aliphatic heterocycles. The van der Waals surface area contributed by atoms with Crippen molar-refractivity contribution in [3.63, 3.8) is 0 Å². The van der Waals surface area contributed by atoms with E-state index in [-0.39, 0.29) is 28.5 Å². The third-order valence-corrected chi connectivity index (χ3v) is 7.92. The van der Waals surface area contributed by atoms with Crippen molar-refractivity contribution < 1.29 is 22.7 Å². The van der Waals surface area contributed by atoms with Gasteiger partial charge in [0.15, 0.2) is 5.11 Å². The van der Waals surface area contributed by atoms with Gasteiger partial charge in [-0.15, -0.1) is 6.42 Å². The molecular weight excluding hydrogens is 527 g/mol. The molecule has 5 rings (SSSR count). The van der Waals surface area contributed by atoms with E-state index >= 15 is 0 Å². The van der Waals surface area contributed by atoms with Crippen LogP contribution in [0.3, 0.4) is 0 Å². The van der Waals surface area contributed by atoms with Crippen LogP contribution in [0.15, 0.2) is 41.5 Å². The maximum Gasteiger partial charge on any atom is 0.418 e. The Bertz CT molecular complexity index is 1330. The van der Waals surface area contributed by atoms with Crippen LogP contribution in [0.5, 0.6) is 5.75 Å². The Balaban J connectivity index is 1.39. The van der Waals surface area contributed by atoms with Crippen molar-refractivity contribution in [2.45, 2.75) is 49.9 Å². The predicted octanol–water partition coefficient (Wildman–Crippen LogP) is 4.69. The van der Waals surface area contributed by atoms with Crippen LogP contribution in [0.4, 0.5) is 24.5 Å². The topological polar surface area (TPSA) is 61.3 Å². The zero-order chi connectivity index (χ0) is 27.8. The van der Waals surface area contributed by atoms with Crippen LogP contribution in [-0.4, -0.2) is 65.4 Å². The molecule has 1 aliphatic carbocycles. The third-order valence-electron chi connectivity index (χ3n) is 7.56. The Morgan fingerprint density at radius 2 is 1.92 bits per heavy atom. The van der Waals surface area contributed by atoms with E-state index in [2.05, 4.69) is 20.8 Å². The molecule has 204 valence electrons. The largest absolute Gasteiger partial charge is 0.490 e. The number of amides is 1. The van der Waals surface area contributed by atoms with Crippen molar-refractivity contribution in [1.29, 1.82) is 0 Å². The molecule has 1 amide bonds. The van der Waals surface area contributed by atoms with Crippen LogP contribution in [0.2, 0.25) is 0 Å². The van der Waals surface area contributed by atoms with Gasteiger partial charge in [0.25, 0.3) is 5.91 Å². The molecule has 1 aromatic carbocycles. The molecular formula is C28H28F3N5O2S. The molecule has 0 radical (unpaired) electrons. The number of ether oxygens (including phenoxy) is 1. The summed E-state index contributed by atoms with van der Waals surface area (Å²) in [4.78, 5) is 26.5. The number of carbonyl (C=O) groups excluding carboxylic acids is 1. The van der Waals surface area contributed by atoms with Crippen molar-refractivity contribution in [2.24, 2.45) is 4.99 Å². The molecule has 3 aliphatic rings. The lowest BCUT2D eigenvalue weighted by atomic mass is 9.75. The molecule has 3 fully saturated rings. The SMILES string of the molecule is C#CCN1CCC(Oc2ccc(N3C(=S)N(c4cnc(/C=N/C)c(C(F)(F)F)c4)C(=O)C34CCC4)cc2)CC1. The number of pyridine rings is 1. The lowest BCUT2D eigenvalue weighted by Gasteiger charge is -2.43. The average molecular weight is 556 g/mol. The van der Waals surface area contributed by atoms with Crippen molar-refractivity contribution in [2.75, 3.05) is 36.5 Å². The summed E-state index contributed by atoms with van der Waals surface area (Å²) in [6.07, 6.45) is 6.77. The van der Waals surface area contributed by atoms with Gasteiger partial charge in [-0.1, -0.05) is 5.92 Å². The normalized spacial score (nSPS) is 20.1. The molecule has 39 heavy (non-hydrogen) atoms. The predicted molar refractivity (Wildman–Crippen MR) is 147 cm³/mol. The van der Waals surface area contributed by atoms with Crippen LogP contribution in [0.1, 0.15) is 43.4 Å². The molecule has 0 atom stereocenters. The molecule has 0 bridgehead atoms. The van der Waals surface area contributed by atoms with E-state index in [1.54, 1.807) is 4.90 Å². The van der Waals surface area contributed by atoms with Crippen molar-refractivity contribution in [3.05, 3.63) is 47.8 Å². The molecule has 0 unspecified atom stereocenters. The highest BCUT2D eigenvalue weighted by molar-refractivity contribution is 7.81. The fourth-order valence-corrected chi connectivity index (χ4v) is 5.90. The number of aliphatic imine (C=N–C) groups is 1. The van der Waals surface area contributed by atoms with Gasteiger partial charge in [0, 0.05) is 32.0 Å². The Kier molecular flexibility index (Phi) is 7.35. The average Bonchev–Trinajstić information content (AvgIpc) is 3.12. The molecule has 1 aromatic heterocycles. The monoisotopic (exact) mass is 555 g/mol. The van der Waals surface area contributed by atoms with Gasteiger partial charge >= 0.3 is 6.18 Å². The Morgan fingerprint density at radius 1 is 1.23 bits per heavy atom. The minimum atomic E-state index is -4.68. The van der Waals surface area contributed by atoms with Gasteiger partial charge < -0.3 is 9.64 Å². The number of rotatable bonds is 6. The number of thiocarbonyl (C=S) groups is 1. The van der Waals surface area contributed by atoms with Gasteiger partial charge in [0.05, 0.1) is 29.7 Å². The molecule has 2 aromatic rings. The first kappa shape index (κ1) is 27.1. The Hall–Kier alpha value is -3.49. The highest BCUT2D eigenvalue weighted by atomic mass is 32.1. The Morgan fingerprint density at radius 3 is 2.49 bits per heavy atom. The van der Waals surface area contributed by atoms with E-state index in [0.717, 1.165) is 44.6 Å². The number of likely N-dealkylation sites (tertiary alicyclic amines) is 1. The fourth-order valence-electron chi connectivity index (χ4n) is 5.43. The number of benzene rings is 1. The number of terminal acetylenes is 1. The molecule has 0 N–H and O–H groups in total. The van der Waals surface area contributed by atoms with Gasteiger partial charge in [0.1, 0.15) is 17.4 Å². The summed E-state index contributed by atoms with van der Waals surface area (Å²) < 4.78 is 47.6. The first-order valence-corrected chi connectivity index (χ1v) is 13.2. The summed E-state index contributed by atoms with van der Waals surface area (Å²) in [6, 6.07) is 8.27. The second-order valence-corrected chi connectivity index (χ2v) is 10.3. The number of carbonyl (C=O) groups is 1. The summed E-state index contributed by atoms with van der Waals surface area (Å²) in [7, 11) is 1.37. The fraction of sp³-hybridized carbons (Fsp3) is 0.429. The van der Waals surface area contributed by atoms with Crippen LogP contribution in [-0.2, 0) is 11.0 Å². The van der Waals surface area contributed by atoms with Crippen LogP contribution >= 0.6 is 12.2 Å². The van der Waals surface area contributed by atoms with Crippen LogP contribution < -0.4 is 14.5 Å². The van der Waals surface area contributed by atoms with E-state index < -0.39 is 17.3 Å². The minimum absolute atomic E-state index is 0.0181. The summed E-state index contributed by atoms with van der Waals surface area (Å²) in [5.74, 6) is 3.03. The summed E-state index contributed by atoms with van der Waals surface area (Å²) in [5, 5.41) is 0.126. The van der Waals surface area contributed by atoms with Crippen molar-refractivity contribution in [3.8, 4) is 18.1 Å². The van der Waals surface area contributed by atoms with E-state index in [1.807, 2.05) is 24.3 Å². The molecule has 2 saturated heterocycles. The zero-order valence-corrected chi connectivity index (χ0v) is 22.3. The first-order valence-electron chi connectivity index (χ1n) is 12.8. The van der Waals surface area contributed by atoms with E-state index in [0.29, 0.717) is 30.8 Å². The number of aromatic nitrogens is 1. The van der Waals surface area contributed by atoms with E-state index in [9.17, 15) is 18.0 Å². The van der Waals surface area contributed by atoms with Gasteiger partial charge in [-0.25, -0.2) is 0 Å². The minimum Gasteiger partial charge on any atom is -0.490 e. The smallest absolute Gasteiger partial charge is 0.418 e. The van der Waals surface area contributed by atoms with Crippen LogP contribution in [0.25, 0.3) is 0 Å². The molecule has 7 nitrogen and oxygen atoms in total. The zero-order valence-electron chi connectivity index (χ0n) is 21.4. The van der Waals surface area contributed by atoms with E-state index in [1.165, 1.54) is 18.1 Å². The number of alkyl halides is 3. The second-order valence-electron chi connectivity index (χ2n) is 9.95. The van der Waals surface area contributed by atoms with Gasteiger partial charge in [-0.05, 0) is 74.7 Å². The quantitative estimate of drug-likeness (QED) is 0.293. The lowest BCUT2D eigenvalue weighted by molar-refractivity contribution is -0.138. The highest BCUT2D eigenvalue weighted by Crippen LogP contribution is 2.48. The number of hydrogen-bond acceptors (Lipinski definition) is 6. The molecule has 11 heteroatoms. The summed E-state index contributed by atoms with van der Waals surface area (Å²) in [6.45, 7) is 2.40. The van der Waals surface area contributed by atoms with Crippen molar-refractivity contribution in [1.82, 2.24) is 9.88 Å². The van der Waals surface area contributed by atoms with Crippen molar-refractivity contribution >= 4 is 40.8 Å². The number of halogens is 3. The first-order chi connectivity index (χ1) is 18.7. The molecule has 1 spiro atoms. The standard InChI is InChI=1S/C28H28F3N5O2S/c1-3-13-34-14-9-22(10-15-34)38-21-7-5-19(6-8-21)36-26(39)35(25(37)27(36)11-4-12-27)20-16-23(28(29,30)31)24(18-32-2)33-17-20/h1,5-8,16-18,22H,4,9-15H2,2H3/b32-18+. The maximum absolute atomic E-state index is 13.8.